The maximum Gasteiger partial charge on any atom is 0.237 e. The first kappa shape index (κ1) is 17.0. The van der Waals surface area contributed by atoms with E-state index in [0.29, 0.717) is 19.7 Å². The smallest absolute Gasteiger partial charge is 0.237 e. The van der Waals surface area contributed by atoms with Gasteiger partial charge in [-0.05, 0) is 38.8 Å². The molecule has 0 bridgehead atoms. The third kappa shape index (κ3) is 3.79. The molecule has 1 aliphatic carbocycles. The molecule has 7 nitrogen and oxygen atoms in total. The van der Waals surface area contributed by atoms with Crippen molar-refractivity contribution < 1.29 is 18.7 Å². The van der Waals surface area contributed by atoms with Crippen molar-refractivity contribution >= 4 is 11.8 Å². The minimum absolute atomic E-state index is 0.00639. The van der Waals surface area contributed by atoms with Gasteiger partial charge in [-0.2, -0.15) is 0 Å². The quantitative estimate of drug-likeness (QED) is 0.825. The van der Waals surface area contributed by atoms with Crippen molar-refractivity contribution in [3.63, 3.8) is 0 Å². The molecule has 24 heavy (non-hydrogen) atoms. The molecule has 0 unspecified atom stereocenters. The number of hydrogen-bond donors (Lipinski definition) is 1. The van der Waals surface area contributed by atoms with Crippen LogP contribution in [0.5, 0.6) is 0 Å². The zero-order chi connectivity index (χ0) is 17.3. The van der Waals surface area contributed by atoms with Crippen LogP contribution >= 0.6 is 0 Å². The van der Waals surface area contributed by atoms with Gasteiger partial charge in [0.1, 0.15) is 17.6 Å². The van der Waals surface area contributed by atoms with E-state index < -0.39 is 11.9 Å². The number of ether oxygens (including phenoxy) is 1. The number of morpholine rings is 1. The largest absolute Gasteiger partial charge is 0.464 e. The number of amides is 2. The van der Waals surface area contributed by atoms with Crippen molar-refractivity contribution in [1.82, 2.24) is 9.80 Å². The lowest BCUT2D eigenvalue weighted by molar-refractivity contribution is -0.144. The first-order valence-corrected chi connectivity index (χ1v) is 8.45. The van der Waals surface area contributed by atoms with Gasteiger partial charge >= 0.3 is 0 Å². The fourth-order valence-electron chi connectivity index (χ4n) is 3.28. The van der Waals surface area contributed by atoms with Gasteiger partial charge in [0.05, 0.1) is 25.8 Å². The van der Waals surface area contributed by atoms with Crippen molar-refractivity contribution in [2.24, 2.45) is 5.73 Å². The zero-order valence-electron chi connectivity index (χ0n) is 14.2. The average Bonchev–Trinajstić information content (AvgIpc) is 3.27. The summed E-state index contributed by atoms with van der Waals surface area (Å²) in [5.74, 6) is 1.18. The van der Waals surface area contributed by atoms with Crippen molar-refractivity contribution in [3.8, 4) is 0 Å². The molecule has 2 aliphatic rings. The summed E-state index contributed by atoms with van der Waals surface area (Å²) in [6, 6.07) is 3.52. The zero-order valence-corrected chi connectivity index (χ0v) is 14.2. The predicted molar refractivity (Wildman–Crippen MR) is 87.0 cm³/mol. The van der Waals surface area contributed by atoms with E-state index in [9.17, 15) is 9.59 Å². The van der Waals surface area contributed by atoms with Crippen LogP contribution in [0.25, 0.3) is 0 Å². The van der Waals surface area contributed by atoms with Crippen LogP contribution in [0.3, 0.4) is 0 Å². The Kier molecular flexibility index (Phi) is 4.91. The topological polar surface area (TPSA) is 89.0 Å². The van der Waals surface area contributed by atoms with Gasteiger partial charge in [0.15, 0.2) is 0 Å². The Morgan fingerprint density at radius 2 is 2.12 bits per heavy atom. The molecule has 2 fully saturated rings. The van der Waals surface area contributed by atoms with Crippen molar-refractivity contribution in [2.75, 3.05) is 19.7 Å². The van der Waals surface area contributed by atoms with E-state index >= 15 is 0 Å². The third-order valence-electron chi connectivity index (χ3n) is 4.66. The number of hydrogen-bond acceptors (Lipinski definition) is 5. The van der Waals surface area contributed by atoms with E-state index in [1.807, 2.05) is 35.8 Å². The number of nitrogens with two attached hydrogens (primary N) is 1. The molecule has 1 saturated heterocycles. The van der Waals surface area contributed by atoms with Crippen LogP contribution in [0.4, 0.5) is 0 Å². The van der Waals surface area contributed by atoms with E-state index in [-0.39, 0.29) is 24.6 Å². The van der Waals surface area contributed by atoms with E-state index in [1.54, 1.807) is 0 Å². The Hall–Kier alpha value is -1.86. The highest BCUT2D eigenvalue weighted by molar-refractivity contribution is 5.83. The summed E-state index contributed by atoms with van der Waals surface area (Å²) in [4.78, 5) is 28.2. The first-order valence-electron chi connectivity index (χ1n) is 8.45. The maximum absolute atomic E-state index is 12.8. The molecule has 2 heterocycles. The highest BCUT2D eigenvalue weighted by Crippen LogP contribution is 2.29. The van der Waals surface area contributed by atoms with E-state index in [0.717, 1.165) is 24.4 Å². The van der Waals surface area contributed by atoms with Crippen LogP contribution in [0.15, 0.2) is 16.5 Å². The molecular formula is C17H25N3O4. The second-order valence-corrected chi connectivity index (χ2v) is 6.66. The lowest BCUT2D eigenvalue weighted by Gasteiger charge is -2.38. The lowest BCUT2D eigenvalue weighted by Crippen LogP contribution is -2.58. The molecule has 0 spiro atoms. The number of carbonyl (C=O) groups is 2. The minimum atomic E-state index is -0.561. The van der Waals surface area contributed by atoms with Crippen LogP contribution in [0.1, 0.15) is 31.3 Å². The lowest BCUT2D eigenvalue weighted by atomic mass is 10.1. The van der Waals surface area contributed by atoms with E-state index in [1.165, 1.54) is 0 Å². The molecule has 2 atom stereocenters. The van der Waals surface area contributed by atoms with Gasteiger partial charge in [0, 0.05) is 12.6 Å². The molecule has 132 valence electrons. The average molecular weight is 335 g/mol. The Labute approximate surface area is 141 Å². The van der Waals surface area contributed by atoms with Gasteiger partial charge in [-0.25, -0.2) is 0 Å². The standard InChI is InChI=1S/C17H25N3O4/c1-11-3-6-14(24-11)9-20(13-4-5-13)15(21)10-19-7-8-23-12(2)16(19)17(18)22/h3,6,12-13,16H,4-5,7-10H2,1-2H3,(H2,18,22)/t12-,16+/m1/s1. The van der Waals surface area contributed by atoms with Crippen molar-refractivity contribution in [1.29, 1.82) is 0 Å². The second kappa shape index (κ2) is 6.94. The molecule has 1 aliphatic heterocycles. The molecular weight excluding hydrogens is 310 g/mol. The van der Waals surface area contributed by atoms with Crippen LogP contribution in [0.2, 0.25) is 0 Å². The molecule has 0 aromatic carbocycles. The number of aryl methyl sites for hydroxylation is 1. The second-order valence-electron chi connectivity index (χ2n) is 6.66. The summed E-state index contributed by atoms with van der Waals surface area (Å²) in [6.45, 7) is 5.38. The summed E-state index contributed by atoms with van der Waals surface area (Å²) >= 11 is 0. The molecule has 0 radical (unpaired) electrons. The number of primary amides is 1. The van der Waals surface area contributed by atoms with Gasteiger partial charge < -0.3 is 19.8 Å². The van der Waals surface area contributed by atoms with Crippen LogP contribution < -0.4 is 5.73 Å². The highest BCUT2D eigenvalue weighted by atomic mass is 16.5. The van der Waals surface area contributed by atoms with Gasteiger partial charge in [0.2, 0.25) is 11.8 Å². The summed E-state index contributed by atoms with van der Waals surface area (Å²) in [6.07, 6.45) is 1.74. The third-order valence-corrected chi connectivity index (χ3v) is 4.66. The van der Waals surface area contributed by atoms with E-state index in [4.69, 9.17) is 14.9 Å². The Morgan fingerprint density at radius 1 is 1.38 bits per heavy atom. The number of nitrogens with zero attached hydrogens (tertiary/aromatic N) is 2. The normalized spacial score (nSPS) is 24.8. The molecule has 1 aromatic heterocycles. The fourth-order valence-corrected chi connectivity index (χ4v) is 3.28. The van der Waals surface area contributed by atoms with Gasteiger partial charge in [-0.1, -0.05) is 0 Å². The number of rotatable bonds is 6. The molecule has 1 saturated carbocycles. The Morgan fingerprint density at radius 3 is 2.71 bits per heavy atom. The SMILES string of the molecule is Cc1ccc(CN(C(=O)CN2CCO[C@H](C)[C@H]2C(N)=O)C2CC2)o1. The monoisotopic (exact) mass is 335 g/mol. The molecule has 7 heteroatoms. The van der Waals surface area contributed by atoms with Gasteiger partial charge in [0.25, 0.3) is 0 Å². The number of carbonyl (C=O) groups excluding carboxylic acids is 2. The maximum atomic E-state index is 12.8. The molecule has 3 rings (SSSR count). The Balaban J connectivity index is 1.67. The summed E-state index contributed by atoms with van der Waals surface area (Å²) in [5, 5.41) is 0. The van der Waals surface area contributed by atoms with Gasteiger partial charge in [-0.3, -0.25) is 14.5 Å². The minimum Gasteiger partial charge on any atom is -0.464 e. The Bertz CT molecular complexity index is 611. The molecule has 2 N–H and O–H groups in total. The predicted octanol–water partition coefficient (Wildman–Crippen LogP) is 0.654. The van der Waals surface area contributed by atoms with Gasteiger partial charge in [-0.15, -0.1) is 0 Å². The van der Waals surface area contributed by atoms with E-state index in [2.05, 4.69) is 0 Å². The van der Waals surface area contributed by atoms with Crippen molar-refractivity contribution in [3.05, 3.63) is 23.7 Å². The summed E-state index contributed by atoms with van der Waals surface area (Å²) in [7, 11) is 0. The summed E-state index contributed by atoms with van der Waals surface area (Å²) < 4.78 is 11.1. The number of furan rings is 1. The first-order chi connectivity index (χ1) is 11.5. The highest BCUT2D eigenvalue weighted by Gasteiger charge is 2.38. The fraction of sp³-hybridized carbons (Fsp3) is 0.647. The van der Waals surface area contributed by atoms with Crippen LogP contribution in [-0.2, 0) is 20.9 Å². The molecule has 1 aromatic rings. The van der Waals surface area contributed by atoms with Crippen LogP contribution in [0, 0.1) is 6.92 Å². The molecule has 2 amide bonds. The summed E-state index contributed by atoms with van der Waals surface area (Å²) in [5.41, 5.74) is 5.50. The van der Waals surface area contributed by atoms with Crippen molar-refractivity contribution in [2.45, 2.75) is 51.4 Å². The van der Waals surface area contributed by atoms with Crippen LogP contribution in [-0.4, -0.2) is 59.5 Å².